The number of nitrogens with zero attached hydrogens (tertiary/aromatic N) is 1. The number of hydrazine groups is 1. The normalized spacial score (nSPS) is 12.4. The van der Waals surface area contributed by atoms with Gasteiger partial charge in [0.2, 0.25) is 0 Å². The summed E-state index contributed by atoms with van der Waals surface area (Å²) in [5.74, 6) is 0.708. The molecule has 24 heavy (non-hydrogen) atoms. The molecule has 2 N–H and O–H groups in total. The maximum Gasteiger partial charge on any atom is 0.276 e. The van der Waals surface area contributed by atoms with Crippen LogP contribution >= 0.6 is 0 Å². The molecule has 0 aliphatic carbocycles. The molecular weight excluding hydrogens is 370 g/mol. The maximum absolute atomic E-state index is 12.1. The molecule has 2 aromatic rings. The van der Waals surface area contributed by atoms with Gasteiger partial charge in [-0.3, -0.25) is 20.6 Å². The molecule has 0 saturated heterocycles. The molecule has 0 saturated carbocycles. The molecule has 0 fully saturated rings. The topological polar surface area (TPSA) is 65.4 Å². The number of amidine groups is 1. The van der Waals surface area contributed by atoms with E-state index in [-0.39, 0.29) is 29.5 Å². The number of nitrogens with one attached hydrogen (secondary N) is 2. The van der Waals surface area contributed by atoms with Crippen LogP contribution < -0.4 is 27.1 Å². The Hall–Kier alpha value is -2.34. The second-order valence-corrected chi connectivity index (χ2v) is 5.74. The highest BCUT2D eigenvalue weighted by Gasteiger charge is 2.24. The third-order valence-corrected chi connectivity index (χ3v) is 3.70. The number of amides is 1. The molecule has 0 atom stereocenters. The molecule has 6 heteroatoms. The van der Waals surface area contributed by atoms with E-state index >= 15 is 0 Å². The van der Waals surface area contributed by atoms with Crippen molar-refractivity contribution < 1.29 is 26.5 Å². The Kier molecular flexibility index (Phi) is 5.62. The number of hydrogen-bond donors (Lipinski definition) is 2. The minimum Gasteiger partial charge on any atom is -1.00 e. The fraction of sp³-hybridized carbons (Fsp3) is 0.222. The molecular formula is C18H19BrN3O2-. The number of rotatable bonds is 4. The monoisotopic (exact) mass is 388 g/mol. The number of benzene rings is 2. The predicted octanol–water partition coefficient (Wildman–Crippen LogP) is -0.441. The van der Waals surface area contributed by atoms with Crippen molar-refractivity contribution in [2.24, 2.45) is 0 Å². The van der Waals surface area contributed by atoms with Gasteiger partial charge in [0.05, 0.1) is 6.54 Å². The van der Waals surface area contributed by atoms with Crippen LogP contribution in [0.3, 0.4) is 0 Å². The lowest BCUT2D eigenvalue weighted by Crippen LogP contribution is -3.00. The highest BCUT2D eigenvalue weighted by molar-refractivity contribution is 6.01. The Labute approximate surface area is 151 Å². The van der Waals surface area contributed by atoms with Gasteiger partial charge in [0, 0.05) is 5.56 Å². The largest absolute Gasteiger partial charge is 1.00 e. The number of ether oxygens (including phenoxy) is 1. The first-order valence-corrected chi connectivity index (χ1v) is 7.48. The standard InChI is InChI=1S/C18H19N3O2.BrH/c1-12-7-13(2)9-15(8-12)23-11-17(22)20-21-10-14-5-3-4-6-16(14)18(21)19;/h3-9,19H,10-11H2,1-2H3,(H,20,22);1H/p-1. The third-order valence-electron chi connectivity index (χ3n) is 3.70. The van der Waals surface area contributed by atoms with Crippen LogP contribution in [-0.4, -0.2) is 23.4 Å². The van der Waals surface area contributed by atoms with Gasteiger partial charge in [0.1, 0.15) is 11.6 Å². The van der Waals surface area contributed by atoms with Gasteiger partial charge in [0.15, 0.2) is 6.61 Å². The molecule has 3 rings (SSSR count). The summed E-state index contributed by atoms with van der Waals surface area (Å²) in [5.41, 5.74) is 6.79. The van der Waals surface area contributed by atoms with Crippen molar-refractivity contribution in [3.05, 3.63) is 64.7 Å². The third kappa shape index (κ3) is 3.94. The first-order valence-electron chi connectivity index (χ1n) is 7.48. The SMILES string of the molecule is Cc1cc(C)cc(OCC(=O)NN2Cc3ccccc3C2=N)c1.[Br-]. The van der Waals surface area contributed by atoms with E-state index in [2.05, 4.69) is 11.5 Å². The lowest BCUT2D eigenvalue weighted by atomic mass is 10.1. The first kappa shape index (κ1) is 18.0. The van der Waals surface area contributed by atoms with E-state index < -0.39 is 0 Å². The minimum atomic E-state index is -0.276. The zero-order chi connectivity index (χ0) is 16.4. The van der Waals surface area contributed by atoms with Crippen molar-refractivity contribution in [3.8, 4) is 5.75 Å². The molecule has 1 heterocycles. The van der Waals surface area contributed by atoms with Crippen LogP contribution in [0.2, 0.25) is 0 Å². The lowest BCUT2D eigenvalue weighted by Gasteiger charge is -2.19. The second-order valence-electron chi connectivity index (χ2n) is 5.74. The molecule has 0 spiro atoms. The Morgan fingerprint density at radius 1 is 1.21 bits per heavy atom. The molecule has 0 radical (unpaired) electrons. The molecule has 0 unspecified atom stereocenters. The molecule has 0 bridgehead atoms. The van der Waals surface area contributed by atoms with Gasteiger partial charge in [-0.15, -0.1) is 0 Å². The van der Waals surface area contributed by atoms with Crippen LogP contribution in [0, 0.1) is 19.3 Å². The quantitative estimate of drug-likeness (QED) is 0.745. The summed E-state index contributed by atoms with van der Waals surface area (Å²) in [6.45, 7) is 4.40. The Morgan fingerprint density at radius 3 is 2.54 bits per heavy atom. The summed E-state index contributed by atoms with van der Waals surface area (Å²) < 4.78 is 5.54. The number of carbonyl (C=O) groups excluding carboxylic acids is 1. The average Bonchev–Trinajstić information content (AvgIpc) is 2.81. The van der Waals surface area contributed by atoms with Crippen molar-refractivity contribution in [2.75, 3.05) is 6.61 Å². The van der Waals surface area contributed by atoms with Crippen LogP contribution in [0.25, 0.3) is 0 Å². The van der Waals surface area contributed by atoms with Crippen LogP contribution in [0.1, 0.15) is 22.3 Å². The molecule has 1 aliphatic heterocycles. The Bertz CT molecular complexity index is 756. The smallest absolute Gasteiger partial charge is 0.276 e. The predicted molar refractivity (Wildman–Crippen MR) is 88.4 cm³/mol. The summed E-state index contributed by atoms with van der Waals surface area (Å²) in [4.78, 5) is 12.1. The van der Waals surface area contributed by atoms with Crippen LogP contribution in [-0.2, 0) is 11.3 Å². The van der Waals surface area contributed by atoms with Gasteiger partial charge >= 0.3 is 0 Å². The van der Waals surface area contributed by atoms with E-state index in [1.54, 1.807) is 0 Å². The van der Waals surface area contributed by atoms with Crippen molar-refractivity contribution in [2.45, 2.75) is 20.4 Å². The number of halogens is 1. The molecule has 0 aromatic heterocycles. The van der Waals surface area contributed by atoms with Gasteiger partial charge in [-0.2, -0.15) is 0 Å². The Balaban J connectivity index is 0.00000208. The summed E-state index contributed by atoms with van der Waals surface area (Å²) in [6.07, 6.45) is 0. The highest BCUT2D eigenvalue weighted by atomic mass is 79.9. The summed E-state index contributed by atoms with van der Waals surface area (Å²) in [5, 5.41) is 9.64. The van der Waals surface area contributed by atoms with E-state index in [1.807, 2.05) is 50.2 Å². The van der Waals surface area contributed by atoms with Crippen LogP contribution in [0.5, 0.6) is 5.75 Å². The average molecular weight is 389 g/mol. The fourth-order valence-corrected chi connectivity index (χ4v) is 2.73. The lowest BCUT2D eigenvalue weighted by molar-refractivity contribution is -0.126. The van der Waals surface area contributed by atoms with Gasteiger partial charge in [-0.25, -0.2) is 0 Å². The molecule has 2 aromatic carbocycles. The number of carbonyl (C=O) groups is 1. The van der Waals surface area contributed by atoms with Crippen molar-refractivity contribution in [1.29, 1.82) is 5.41 Å². The molecule has 5 nitrogen and oxygen atoms in total. The number of fused-ring (bicyclic) bond motifs is 1. The fourth-order valence-electron chi connectivity index (χ4n) is 2.73. The van der Waals surface area contributed by atoms with Crippen molar-refractivity contribution in [3.63, 3.8) is 0 Å². The van der Waals surface area contributed by atoms with E-state index in [4.69, 9.17) is 10.1 Å². The zero-order valence-corrected chi connectivity index (χ0v) is 15.2. The highest BCUT2D eigenvalue weighted by Crippen LogP contribution is 2.20. The minimum absolute atomic E-state index is 0. The summed E-state index contributed by atoms with van der Waals surface area (Å²) in [7, 11) is 0. The Morgan fingerprint density at radius 2 is 1.88 bits per heavy atom. The summed E-state index contributed by atoms with van der Waals surface area (Å²) >= 11 is 0. The van der Waals surface area contributed by atoms with E-state index in [0.29, 0.717) is 18.1 Å². The van der Waals surface area contributed by atoms with Gasteiger partial charge < -0.3 is 21.7 Å². The zero-order valence-electron chi connectivity index (χ0n) is 13.6. The van der Waals surface area contributed by atoms with E-state index in [9.17, 15) is 4.79 Å². The first-order chi connectivity index (χ1) is 11.0. The number of hydrogen-bond acceptors (Lipinski definition) is 3. The van der Waals surface area contributed by atoms with Crippen LogP contribution in [0.4, 0.5) is 0 Å². The van der Waals surface area contributed by atoms with Gasteiger partial charge in [-0.05, 0) is 42.7 Å². The second kappa shape index (κ2) is 7.49. The van der Waals surface area contributed by atoms with Gasteiger partial charge in [-0.1, -0.05) is 30.3 Å². The van der Waals surface area contributed by atoms with Crippen molar-refractivity contribution >= 4 is 11.7 Å². The maximum atomic E-state index is 12.1. The summed E-state index contributed by atoms with van der Waals surface area (Å²) in [6, 6.07) is 13.5. The van der Waals surface area contributed by atoms with E-state index in [0.717, 1.165) is 22.3 Å². The van der Waals surface area contributed by atoms with E-state index in [1.165, 1.54) is 5.01 Å². The molecule has 1 aliphatic rings. The molecule has 1 amide bonds. The van der Waals surface area contributed by atoms with Crippen LogP contribution in [0.15, 0.2) is 42.5 Å². The van der Waals surface area contributed by atoms with Gasteiger partial charge in [0.25, 0.3) is 5.91 Å². The van der Waals surface area contributed by atoms with Crippen molar-refractivity contribution in [1.82, 2.24) is 10.4 Å². The number of aryl methyl sites for hydroxylation is 2. The molecule has 126 valence electrons.